The second-order valence-corrected chi connectivity index (χ2v) is 6.89. The summed E-state index contributed by atoms with van der Waals surface area (Å²) in [5.74, 6) is 0.838. The van der Waals surface area contributed by atoms with Gasteiger partial charge in [0.1, 0.15) is 0 Å². The first-order valence-corrected chi connectivity index (χ1v) is 8.05. The molecule has 0 aromatic heterocycles. The van der Waals surface area contributed by atoms with E-state index < -0.39 is 0 Å². The molecule has 112 valence electrons. The van der Waals surface area contributed by atoms with Gasteiger partial charge in [0.15, 0.2) is 0 Å². The van der Waals surface area contributed by atoms with Crippen LogP contribution in [0.15, 0.2) is 24.3 Å². The molecular weight excluding hydrogens is 268 g/mol. The molecule has 2 nitrogen and oxygen atoms in total. The summed E-state index contributed by atoms with van der Waals surface area (Å²) in [7, 11) is 2.22. The summed E-state index contributed by atoms with van der Waals surface area (Å²) >= 11 is 6.12. The zero-order valence-electron chi connectivity index (χ0n) is 12.9. The Morgan fingerprint density at radius 2 is 2.05 bits per heavy atom. The van der Waals surface area contributed by atoms with Gasteiger partial charge in [-0.1, -0.05) is 30.7 Å². The molecule has 2 rings (SSSR count). The van der Waals surface area contributed by atoms with Gasteiger partial charge in [0.2, 0.25) is 0 Å². The molecule has 0 radical (unpaired) electrons. The van der Waals surface area contributed by atoms with Crippen molar-refractivity contribution in [3.8, 4) is 0 Å². The Labute approximate surface area is 128 Å². The minimum atomic E-state index is 0.147. The zero-order chi connectivity index (χ0) is 14.8. The lowest BCUT2D eigenvalue weighted by molar-refractivity contribution is 0.0374. The molecule has 1 aromatic rings. The van der Waals surface area contributed by atoms with Crippen LogP contribution in [0.3, 0.4) is 0 Å². The second kappa shape index (κ2) is 6.46. The second-order valence-electron chi connectivity index (χ2n) is 6.45. The Morgan fingerprint density at radius 1 is 1.40 bits per heavy atom. The van der Waals surface area contributed by atoms with Gasteiger partial charge in [0, 0.05) is 23.1 Å². The Balaban J connectivity index is 2.18. The minimum absolute atomic E-state index is 0.147. The van der Waals surface area contributed by atoms with Crippen LogP contribution in [0.1, 0.15) is 51.1 Å². The molecule has 1 atom stereocenters. The maximum atomic E-state index is 6.16. The van der Waals surface area contributed by atoms with Crippen molar-refractivity contribution in [1.82, 2.24) is 4.90 Å². The summed E-state index contributed by atoms with van der Waals surface area (Å²) in [6.45, 7) is 5.34. The molecule has 3 heteroatoms. The predicted molar refractivity (Wildman–Crippen MR) is 87.0 cm³/mol. The summed E-state index contributed by atoms with van der Waals surface area (Å²) in [4.78, 5) is 2.48. The average molecular weight is 295 g/mol. The van der Waals surface area contributed by atoms with Crippen molar-refractivity contribution >= 4 is 11.6 Å². The van der Waals surface area contributed by atoms with Crippen LogP contribution in [-0.2, 0) is 0 Å². The highest BCUT2D eigenvalue weighted by atomic mass is 35.5. The van der Waals surface area contributed by atoms with Gasteiger partial charge in [0.05, 0.1) is 0 Å². The van der Waals surface area contributed by atoms with Crippen LogP contribution in [-0.4, -0.2) is 24.0 Å². The van der Waals surface area contributed by atoms with Gasteiger partial charge in [0.25, 0.3) is 0 Å². The SMILES string of the molecule is CC1CCC(CN)(N(C)C(C)c2cccc(Cl)c2)CC1. The number of hydrogen-bond donors (Lipinski definition) is 1. The fourth-order valence-corrected chi connectivity index (χ4v) is 3.60. The fourth-order valence-electron chi connectivity index (χ4n) is 3.40. The Kier molecular flexibility index (Phi) is 5.11. The van der Waals surface area contributed by atoms with Crippen LogP contribution in [0.2, 0.25) is 5.02 Å². The first-order valence-electron chi connectivity index (χ1n) is 7.67. The molecule has 0 heterocycles. The number of nitrogens with zero attached hydrogens (tertiary/aromatic N) is 1. The third-order valence-corrected chi connectivity index (χ3v) is 5.48. The van der Waals surface area contributed by atoms with E-state index in [1.807, 2.05) is 12.1 Å². The van der Waals surface area contributed by atoms with Crippen molar-refractivity contribution in [2.24, 2.45) is 11.7 Å². The first-order chi connectivity index (χ1) is 9.48. The smallest absolute Gasteiger partial charge is 0.0409 e. The Hall–Kier alpha value is -0.570. The minimum Gasteiger partial charge on any atom is -0.329 e. The van der Waals surface area contributed by atoms with E-state index >= 15 is 0 Å². The van der Waals surface area contributed by atoms with Crippen molar-refractivity contribution in [1.29, 1.82) is 0 Å². The van der Waals surface area contributed by atoms with Gasteiger partial charge in [-0.2, -0.15) is 0 Å². The van der Waals surface area contributed by atoms with Crippen molar-refractivity contribution in [3.05, 3.63) is 34.9 Å². The zero-order valence-corrected chi connectivity index (χ0v) is 13.7. The molecule has 0 bridgehead atoms. The van der Waals surface area contributed by atoms with Crippen molar-refractivity contribution in [3.63, 3.8) is 0 Å². The lowest BCUT2D eigenvalue weighted by Gasteiger charge is -2.48. The van der Waals surface area contributed by atoms with Crippen LogP contribution in [0.25, 0.3) is 0 Å². The lowest BCUT2D eigenvalue weighted by atomic mass is 9.75. The van der Waals surface area contributed by atoms with E-state index in [0.717, 1.165) is 17.5 Å². The van der Waals surface area contributed by atoms with E-state index in [2.05, 4.69) is 37.9 Å². The van der Waals surface area contributed by atoms with Gasteiger partial charge < -0.3 is 5.73 Å². The molecule has 0 saturated heterocycles. The predicted octanol–water partition coefficient (Wildman–Crippen LogP) is 4.24. The van der Waals surface area contributed by atoms with E-state index in [1.165, 1.54) is 31.2 Å². The van der Waals surface area contributed by atoms with Crippen LogP contribution >= 0.6 is 11.6 Å². The monoisotopic (exact) mass is 294 g/mol. The standard InChI is InChI=1S/C17H27ClN2/c1-13-7-9-17(12-19,10-8-13)20(3)14(2)15-5-4-6-16(18)11-15/h4-6,11,13-14H,7-10,12,19H2,1-3H3. The largest absolute Gasteiger partial charge is 0.329 e. The number of hydrogen-bond acceptors (Lipinski definition) is 2. The molecular formula is C17H27ClN2. The number of likely N-dealkylation sites (N-methyl/N-ethyl adjacent to an activating group) is 1. The Morgan fingerprint density at radius 3 is 2.60 bits per heavy atom. The van der Waals surface area contributed by atoms with Gasteiger partial charge in [-0.25, -0.2) is 0 Å². The van der Waals surface area contributed by atoms with Crippen LogP contribution in [0.4, 0.5) is 0 Å². The number of benzene rings is 1. The summed E-state index contributed by atoms with van der Waals surface area (Å²) in [5.41, 5.74) is 7.58. The van der Waals surface area contributed by atoms with E-state index in [0.29, 0.717) is 6.04 Å². The van der Waals surface area contributed by atoms with Crippen molar-refractivity contribution in [2.75, 3.05) is 13.6 Å². The molecule has 0 aliphatic heterocycles. The maximum Gasteiger partial charge on any atom is 0.0409 e. The van der Waals surface area contributed by atoms with E-state index in [4.69, 9.17) is 17.3 Å². The van der Waals surface area contributed by atoms with Gasteiger partial charge in [-0.3, -0.25) is 4.90 Å². The molecule has 0 spiro atoms. The molecule has 20 heavy (non-hydrogen) atoms. The molecule has 2 N–H and O–H groups in total. The van der Waals surface area contributed by atoms with Crippen molar-refractivity contribution in [2.45, 2.75) is 51.1 Å². The van der Waals surface area contributed by atoms with Gasteiger partial charge >= 0.3 is 0 Å². The van der Waals surface area contributed by atoms with Gasteiger partial charge in [-0.15, -0.1) is 0 Å². The number of halogens is 1. The maximum absolute atomic E-state index is 6.16. The highest BCUT2D eigenvalue weighted by Crippen LogP contribution is 2.39. The quantitative estimate of drug-likeness (QED) is 0.900. The molecule has 1 saturated carbocycles. The first kappa shape index (κ1) is 15.8. The molecule has 1 aliphatic rings. The summed E-state index contributed by atoms with van der Waals surface area (Å²) in [6.07, 6.45) is 4.96. The molecule has 1 aliphatic carbocycles. The summed E-state index contributed by atoms with van der Waals surface area (Å²) in [5, 5.41) is 0.807. The number of nitrogens with two attached hydrogens (primary N) is 1. The molecule has 1 aromatic carbocycles. The normalized spacial score (nSPS) is 28.6. The third-order valence-electron chi connectivity index (χ3n) is 5.25. The van der Waals surface area contributed by atoms with Crippen LogP contribution < -0.4 is 5.73 Å². The summed E-state index contributed by atoms with van der Waals surface area (Å²) in [6, 6.07) is 8.52. The van der Waals surface area contributed by atoms with E-state index in [9.17, 15) is 0 Å². The highest BCUT2D eigenvalue weighted by Gasteiger charge is 2.38. The molecule has 1 fully saturated rings. The summed E-state index contributed by atoms with van der Waals surface area (Å²) < 4.78 is 0. The van der Waals surface area contributed by atoms with Crippen LogP contribution in [0, 0.1) is 5.92 Å². The molecule has 1 unspecified atom stereocenters. The van der Waals surface area contributed by atoms with Gasteiger partial charge in [-0.05, 0) is 63.3 Å². The topological polar surface area (TPSA) is 29.3 Å². The fraction of sp³-hybridized carbons (Fsp3) is 0.647. The lowest BCUT2D eigenvalue weighted by Crippen LogP contribution is -2.54. The average Bonchev–Trinajstić information content (AvgIpc) is 2.47. The molecule has 0 amide bonds. The van der Waals surface area contributed by atoms with E-state index in [1.54, 1.807) is 0 Å². The Bertz CT molecular complexity index is 438. The number of rotatable bonds is 4. The van der Waals surface area contributed by atoms with Crippen molar-refractivity contribution < 1.29 is 0 Å². The third kappa shape index (κ3) is 3.19. The van der Waals surface area contributed by atoms with Crippen LogP contribution in [0.5, 0.6) is 0 Å². The van der Waals surface area contributed by atoms with E-state index in [-0.39, 0.29) is 5.54 Å². The highest BCUT2D eigenvalue weighted by molar-refractivity contribution is 6.30.